The van der Waals surface area contributed by atoms with Crippen molar-refractivity contribution in [1.82, 2.24) is 15.3 Å². The largest absolute Gasteiger partial charge is 0.447 e. The number of benzene rings is 1. The molecule has 0 aliphatic heterocycles. The van der Waals surface area contributed by atoms with Crippen molar-refractivity contribution in [2.45, 2.75) is 26.4 Å². The molecule has 0 aliphatic carbocycles. The quantitative estimate of drug-likeness (QED) is 0.870. The van der Waals surface area contributed by atoms with Gasteiger partial charge in [0.15, 0.2) is 0 Å². The Kier molecular flexibility index (Phi) is 3.82. The molecule has 2 rings (SSSR count). The minimum atomic E-state index is -0.388. The second-order valence-electron chi connectivity index (χ2n) is 4.33. The predicted octanol–water partition coefficient (Wildman–Crippen LogP) is 2.24. The number of hydrogen-bond donors (Lipinski definition) is 2. The molecule has 18 heavy (non-hydrogen) atoms. The lowest BCUT2D eigenvalue weighted by molar-refractivity contribution is 0.116. The summed E-state index contributed by atoms with van der Waals surface area (Å²) < 4.78 is 4.97. The normalized spacial score (nSPS) is 10.8. The number of hydrogen-bond acceptors (Lipinski definition) is 3. The highest BCUT2D eigenvalue weighted by molar-refractivity contribution is 5.74. The van der Waals surface area contributed by atoms with E-state index in [9.17, 15) is 4.79 Å². The molecule has 0 saturated carbocycles. The number of H-pyrrole nitrogens is 1. The summed E-state index contributed by atoms with van der Waals surface area (Å²) >= 11 is 0. The molecule has 0 atom stereocenters. The molecular weight excluding hydrogens is 230 g/mol. The number of nitrogens with one attached hydrogen (secondary N) is 2. The average molecular weight is 247 g/mol. The van der Waals surface area contributed by atoms with E-state index in [-0.39, 0.29) is 12.2 Å². The van der Waals surface area contributed by atoms with Crippen LogP contribution in [0.15, 0.2) is 24.3 Å². The molecule has 5 heteroatoms. The van der Waals surface area contributed by atoms with E-state index in [1.165, 1.54) is 0 Å². The van der Waals surface area contributed by atoms with Gasteiger partial charge < -0.3 is 15.0 Å². The first-order valence-corrected chi connectivity index (χ1v) is 6.03. The van der Waals surface area contributed by atoms with Gasteiger partial charge in [0.25, 0.3) is 0 Å². The van der Waals surface area contributed by atoms with Crippen molar-refractivity contribution in [2.75, 3.05) is 6.54 Å². The van der Waals surface area contributed by atoms with Crippen molar-refractivity contribution in [2.24, 2.45) is 0 Å². The number of fused-ring (bicyclic) bond motifs is 1. The summed E-state index contributed by atoms with van der Waals surface area (Å²) in [7, 11) is 0. The van der Waals surface area contributed by atoms with Crippen LogP contribution < -0.4 is 5.32 Å². The molecule has 96 valence electrons. The smallest absolute Gasteiger partial charge is 0.407 e. The molecule has 2 N–H and O–H groups in total. The van der Waals surface area contributed by atoms with Crippen molar-refractivity contribution in [3.8, 4) is 0 Å². The number of ether oxygens (including phenoxy) is 1. The summed E-state index contributed by atoms with van der Waals surface area (Å²) in [5.41, 5.74) is 1.95. The number of alkyl carbamates (subject to hydrolysis) is 1. The number of para-hydroxylation sites is 2. The Morgan fingerprint density at radius 2 is 2.22 bits per heavy atom. The van der Waals surface area contributed by atoms with E-state index in [0.29, 0.717) is 13.0 Å². The third-order valence-corrected chi connectivity index (χ3v) is 2.41. The number of aromatic amines is 1. The van der Waals surface area contributed by atoms with Gasteiger partial charge in [-0.15, -0.1) is 0 Å². The molecule has 1 aromatic carbocycles. The molecule has 2 aromatic rings. The Hall–Kier alpha value is -2.04. The van der Waals surface area contributed by atoms with Gasteiger partial charge in [-0.2, -0.15) is 0 Å². The second-order valence-corrected chi connectivity index (χ2v) is 4.33. The lowest BCUT2D eigenvalue weighted by Gasteiger charge is -2.08. The zero-order chi connectivity index (χ0) is 13.0. The van der Waals surface area contributed by atoms with Crippen molar-refractivity contribution in [3.63, 3.8) is 0 Å². The fourth-order valence-electron chi connectivity index (χ4n) is 1.66. The van der Waals surface area contributed by atoms with Gasteiger partial charge in [-0.25, -0.2) is 9.78 Å². The molecule has 1 aromatic heterocycles. The zero-order valence-corrected chi connectivity index (χ0v) is 10.6. The molecule has 0 aliphatic rings. The van der Waals surface area contributed by atoms with Gasteiger partial charge in [0.05, 0.1) is 17.1 Å². The Balaban J connectivity index is 1.85. The van der Waals surface area contributed by atoms with Crippen LogP contribution in [0.2, 0.25) is 0 Å². The fraction of sp³-hybridized carbons (Fsp3) is 0.385. The SMILES string of the molecule is CC(C)OC(=O)NCCc1nc2ccccc2[nH]1. The van der Waals surface area contributed by atoms with Crippen molar-refractivity contribution < 1.29 is 9.53 Å². The van der Waals surface area contributed by atoms with Gasteiger partial charge in [-0.05, 0) is 26.0 Å². The maximum absolute atomic E-state index is 11.3. The lowest BCUT2D eigenvalue weighted by atomic mass is 10.3. The van der Waals surface area contributed by atoms with E-state index in [1.807, 2.05) is 38.1 Å². The molecule has 1 amide bonds. The van der Waals surface area contributed by atoms with E-state index in [2.05, 4.69) is 15.3 Å². The van der Waals surface area contributed by atoms with Gasteiger partial charge in [-0.1, -0.05) is 12.1 Å². The summed E-state index contributed by atoms with van der Waals surface area (Å²) in [4.78, 5) is 18.9. The van der Waals surface area contributed by atoms with Gasteiger partial charge in [0.1, 0.15) is 5.82 Å². The minimum absolute atomic E-state index is 0.101. The third-order valence-electron chi connectivity index (χ3n) is 2.41. The molecule has 1 heterocycles. The Morgan fingerprint density at radius 1 is 1.44 bits per heavy atom. The summed E-state index contributed by atoms with van der Waals surface area (Å²) in [5.74, 6) is 0.862. The van der Waals surface area contributed by atoms with E-state index in [0.717, 1.165) is 16.9 Å². The number of nitrogens with zero attached hydrogens (tertiary/aromatic N) is 1. The molecule has 0 saturated heterocycles. The fourth-order valence-corrected chi connectivity index (χ4v) is 1.66. The van der Waals surface area contributed by atoms with E-state index < -0.39 is 0 Å². The summed E-state index contributed by atoms with van der Waals surface area (Å²) in [6.07, 6.45) is 0.166. The van der Waals surface area contributed by atoms with Crippen LogP contribution in [0.5, 0.6) is 0 Å². The van der Waals surface area contributed by atoms with Crippen molar-refractivity contribution in [3.05, 3.63) is 30.1 Å². The number of carbonyl (C=O) groups excluding carboxylic acids is 1. The van der Waals surface area contributed by atoms with E-state index in [1.54, 1.807) is 0 Å². The summed E-state index contributed by atoms with van der Waals surface area (Å²) in [6.45, 7) is 4.14. The van der Waals surface area contributed by atoms with Gasteiger partial charge in [0.2, 0.25) is 0 Å². The highest BCUT2D eigenvalue weighted by Crippen LogP contribution is 2.10. The Labute approximate surface area is 106 Å². The standard InChI is InChI=1S/C13H17N3O2/c1-9(2)18-13(17)14-8-7-12-15-10-5-3-4-6-11(10)16-12/h3-6,9H,7-8H2,1-2H3,(H,14,17)(H,15,16). The minimum Gasteiger partial charge on any atom is -0.447 e. The molecule has 0 unspecified atom stereocenters. The van der Waals surface area contributed by atoms with Crippen LogP contribution in [0.4, 0.5) is 4.79 Å². The van der Waals surface area contributed by atoms with Gasteiger partial charge in [0, 0.05) is 13.0 Å². The van der Waals surface area contributed by atoms with Crippen molar-refractivity contribution >= 4 is 17.1 Å². The summed E-state index contributed by atoms with van der Waals surface area (Å²) in [5, 5.41) is 2.69. The van der Waals surface area contributed by atoms with Crippen LogP contribution in [0.3, 0.4) is 0 Å². The molecule has 5 nitrogen and oxygen atoms in total. The molecule has 0 bridgehead atoms. The lowest BCUT2D eigenvalue weighted by Crippen LogP contribution is -2.28. The number of aromatic nitrogens is 2. The van der Waals surface area contributed by atoms with Gasteiger partial charge >= 0.3 is 6.09 Å². The van der Waals surface area contributed by atoms with Crippen LogP contribution in [0.1, 0.15) is 19.7 Å². The first-order chi connectivity index (χ1) is 8.65. The van der Waals surface area contributed by atoms with Crippen LogP contribution in [0, 0.1) is 0 Å². The topological polar surface area (TPSA) is 67.0 Å². The number of carbonyl (C=O) groups is 1. The first kappa shape index (κ1) is 12.4. The van der Waals surface area contributed by atoms with Gasteiger partial charge in [-0.3, -0.25) is 0 Å². The van der Waals surface area contributed by atoms with E-state index in [4.69, 9.17) is 4.74 Å². The number of amides is 1. The highest BCUT2D eigenvalue weighted by atomic mass is 16.6. The van der Waals surface area contributed by atoms with Crippen LogP contribution in [0.25, 0.3) is 11.0 Å². The Bertz CT molecular complexity index is 501. The molecule has 0 radical (unpaired) electrons. The zero-order valence-electron chi connectivity index (χ0n) is 10.6. The maximum atomic E-state index is 11.3. The molecule has 0 fully saturated rings. The maximum Gasteiger partial charge on any atom is 0.407 e. The predicted molar refractivity (Wildman–Crippen MR) is 69.4 cm³/mol. The molecular formula is C13H17N3O2. The summed E-state index contributed by atoms with van der Waals surface area (Å²) in [6, 6.07) is 7.84. The van der Waals surface area contributed by atoms with Crippen LogP contribution in [-0.2, 0) is 11.2 Å². The monoisotopic (exact) mass is 247 g/mol. The number of rotatable bonds is 4. The van der Waals surface area contributed by atoms with Crippen LogP contribution in [-0.4, -0.2) is 28.7 Å². The second kappa shape index (κ2) is 5.53. The number of imidazole rings is 1. The molecule has 0 spiro atoms. The van der Waals surface area contributed by atoms with E-state index >= 15 is 0 Å². The average Bonchev–Trinajstić information content (AvgIpc) is 2.70. The van der Waals surface area contributed by atoms with Crippen molar-refractivity contribution in [1.29, 1.82) is 0 Å². The third kappa shape index (κ3) is 3.23. The highest BCUT2D eigenvalue weighted by Gasteiger charge is 2.05. The van der Waals surface area contributed by atoms with Crippen LogP contribution >= 0.6 is 0 Å². The Morgan fingerprint density at radius 3 is 2.94 bits per heavy atom. The first-order valence-electron chi connectivity index (χ1n) is 6.03.